The number of rotatable bonds is 9. The summed E-state index contributed by atoms with van der Waals surface area (Å²) in [4.78, 5) is 17.5. The maximum Gasteiger partial charge on any atom is 0.338 e. The quantitative estimate of drug-likeness (QED) is 0.230. The van der Waals surface area contributed by atoms with Crippen molar-refractivity contribution in [3.8, 4) is 11.5 Å². The van der Waals surface area contributed by atoms with E-state index in [2.05, 4.69) is 33.2 Å². The van der Waals surface area contributed by atoms with Crippen molar-refractivity contribution in [2.45, 2.75) is 38.1 Å². The summed E-state index contributed by atoms with van der Waals surface area (Å²) in [6, 6.07) is 10.6. The van der Waals surface area contributed by atoms with Crippen LogP contribution in [-0.2, 0) is 16.1 Å². The lowest BCUT2D eigenvalue weighted by Gasteiger charge is -2.28. The number of aromatic nitrogens is 3. The van der Waals surface area contributed by atoms with E-state index in [-0.39, 0.29) is 0 Å². The maximum absolute atomic E-state index is 12.9. The molecular weight excluding hydrogens is 568 g/mol. The molecule has 1 N–H and O–H groups in total. The minimum Gasteiger partial charge on any atom is -0.493 e. The predicted molar refractivity (Wildman–Crippen MR) is 144 cm³/mol. The average Bonchev–Trinajstić information content (AvgIpc) is 3.28. The Morgan fingerprint density at radius 1 is 1.25 bits per heavy atom. The van der Waals surface area contributed by atoms with Gasteiger partial charge >= 0.3 is 5.97 Å². The van der Waals surface area contributed by atoms with Crippen LogP contribution in [0.1, 0.15) is 37.4 Å². The highest BCUT2D eigenvalue weighted by Crippen LogP contribution is 2.43. The number of hydrogen-bond donors (Lipinski definition) is 1. The number of methoxy groups -OCH3 is 2. The van der Waals surface area contributed by atoms with Crippen molar-refractivity contribution >= 4 is 51.2 Å². The van der Waals surface area contributed by atoms with Gasteiger partial charge in [-0.05, 0) is 64.7 Å². The monoisotopic (exact) mass is 592 g/mol. The molecule has 0 saturated carbocycles. The normalized spacial score (nSPS) is 14.8. The number of halogens is 2. The van der Waals surface area contributed by atoms with Crippen LogP contribution >= 0.6 is 39.3 Å². The van der Waals surface area contributed by atoms with Crippen LogP contribution in [0.15, 0.2) is 57.3 Å². The third-order valence-electron chi connectivity index (χ3n) is 5.54. The van der Waals surface area contributed by atoms with E-state index in [1.165, 1.54) is 7.11 Å². The highest BCUT2D eigenvalue weighted by molar-refractivity contribution is 9.10. The first kappa shape index (κ1) is 26.4. The Balaban J connectivity index is 1.74. The van der Waals surface area contributed by atoms with Gasteiger partial charge in [0.25, 0.3) is 0 Å². The lowest BCUT2D eigenvalue weighted by atomic mass is 9.95. The van der Waals surface area contributed by atoms with Gasteiger partial charge in [0.15, 0.2) is 11.5 Å². The number of nitrogens with zero attached hydrogens (tertiary/aromatic N) is 3. The summed E-state index contributed by atoms with van der Waals surface area (Å²) < 4.78 is 19.3. The van der Waals surface area contributed by atoms with Crippen LogP contribution in [0, 0.1) is 0 Å². The van der Waals surface area contributed by atoms with Crippen LogP contribution < -0.4 is 14.8 Å². The Morgan fingerprint density at radius 2 is 2.00 bits per heavy atom. The lowest BCUT2D eigenvalue weighted by Crippen LogP contribution is -2.29. The zero-order valence-electron chi connectivity index (χ0n) is 20.3. The van der Waals surface area contributed by atoms with E-state index in [0.29, 0.717) is 50.0 Å². The van der Waals surface area contributed by atoms with E-state index >= 15 is 0 Å². The van der Waals surface area contributed by atoms with Crippen LogP contribution in [0.3, 0.4) is 0 Å². The summed E-state index contributed by atoms with van der Waals surface area (Å²) in [7, 11) is 2.94. The van der Waals surface area contributed by atoms with E-state index in [0.717, 1.165) is 23.3 Å². The lowest BCUT2D eigenvalue weighted by molar-refractivity contribution is -0.136. The largest absolute Gasteiger partial charge is 0.493 e. The average molecular weight is 594 g/mol. The molecule has 0 saturated heterocycles. The Kier molecular flexibility index (Phi) is 8.48. The first-order valence-corrected chi connectivity index (χ1v) is 13.4. The molecule has 0 spiro atoms. The number of anilines is 1. The molecule has 1 atom stereocenters. The molecule has 0 bridgehead atoms. The molecule has 2 aromatic carbocycles. The van der Waals surface area contributed by atoms with Crippen molar-refractivity contribution in [1.29, 1.82) is 0 Å². The van der Waals surface area contributed by atoms with E-state index in [9.17, 15) is 4.79 Å². The SMILES string of the molecule is CCCSc1nc2n(n1)C(c1cc(Br)c(OCc3ccc(Cl)cc3)c(OC)c1)C(C(=O)OC)=C(C)N2. The van der Waals surface area contributed by atoms with Gasteiger partial charge in [-0.25, -0.2) is 9.48 Å². The third-order valence-corrected chi connectivity index (χ3v) is 7.42. The van der Waals surface area contributed by atoms with Crippen LogP contribution in [-0.4, -0.2) is 40.7 Å². The van der Waals surface area contributed by atoms with E-state index in [1.807, 2.05) is 43.3 Å². The highest BCUT2D eigenvalue weighted by atomic mass is 79.9. The predicted octanol–water partition coefficient (Wildman–Crippen LogP) is 6.25. The molecule has 2 heterocycles. The second kappa shape index (κ2) is 11.6. The minimum absolute atomic E-state index is 0.330. The molecular formula is C25H26BrClN4O4S. The Labute approximate surface area is 227 Å². The number of benzene rings is 2. The Hall–Kier alpha value is -2.69. The molecule has 36 heavy (non-hydrogen) atoms. The molecule has 1 aromatic heterocycles. The molecule has 0 amide bonds. The van der Waals surface area contributed by atoms with Crippen LogP contribution in [0.5, 0.6) is 11.5 Å². The molecule has 1 aliphatic rings. The number of allylic oxidation sites excluding steroid dienone is 1. The molecule has 3 aromatic rings. The van der Waals surface area contributed by atoms with Gasteiger partial charge in [0, 0.05) is 16.5 Å². The summed E-state index contributed by atoms with van der Waals surface area (Å²) >= 11 is 11.2. The summed E-state index contributed by atoms with van der Waals surface area (Å²) in [5.41, 5.74) is 2.81. The van der Waals surface area contributed by atoms with Crippen LogP contribution in [0.4, 0.5) is 5.95 Å². The van der Waals surface area contributed by atoms with Crippen molar-refractivity contribution < 1.29 is 19.0 Å². The standard InChI is InChI=1S/C25H26BrClN4O4S/c1-5-10-36-25-29-24-28-14(2)20(23(32)34-4)21(31(24)30-25)16-11-18(26)22(19(12-16)33-3)35-13-15-6-8-17(27)9-7-15/h6-9,11-12,21H,5,10,13H2,1-4H3,(H,28,29,30). The van der Waals surface area contributed by atoms with Crippen molar-refractivity contribution in [1.82, 2.24) is 14.8 Å². The molecule has 4 rings (SSSR count). The smallest absolute Gasteiger partial charge is 0.338 e. The zero-order chi connectivity index (χ0) is 25.8. The van der Waals surface area contributed by atoms with Gasteiger partial charge in [0.05, 0.1) is 24.3 Å². The summed E-state index contributed by atoms with van der Waals surface area (Å²) in [5.74, 6) is 2.05. The van der Waals surface area contributed by atoms with Crippen LogP contribution in [0.2, 0.25) is 5.02 Å². The molecule has 11 heteroatoms. The Morgan fingerprint density at radius 3 is 2.67 bits per heavy atom. The van der Waals surface area contributed by atoms with E-state index in [4.69, 9.17) is 30.9 Å². The molecule has 8 nitrogen and oxygen atoms in total. The van der Waals surface area contributed by atoms with Gasteiger partial charge in [-0.2, -0.15) is 4.98 Å². The number of thioether (sulfide) groups is 1. The number of nitrogens with one attached hydrogen (secondary N) is 1. The zero-order valence-corrected chi connectivity index (χ0v) is 23.5. The van der Waals surface area contributed by atoms with Crippen LogP contribution in [0.25, 0.3) is 0 Å². The van der Waals surface area contributed by atoms with Gasteiger partial charge in [-0.15, -0.1) is 5.10 Å². The van der Waals surface area contributed by atoms with Crippen molar-refractivity contribution in [3.63, 3.8) is 0 Å². The number of hydrogen-bond acceptors (Lipinski definition) is 8. The van der Waals surface area contributed by atoms with Crippen molar-refractivity contribution in [2.24, 2.45) is 0 Å². The Bertz CT molecular complexity index is 1300. The highest BCUT2D eigenvalue weighted by Gasteiger charge is 2.36. The number of carbonyl (C=O) groups is 1. The maximum atomic E-state index is 12.9. The van der Waals surface area contributed by atoms with E-state index < -0.39 is 12.0 Å². The first-order chi connectivity index (χ1) is 17.4. The first-order valence-electron chi connectivity index (χ1n) is 11.3. The number of ether oxygens (including phenoxy) is 3. The van der Waals surface area contributed by atoms with Gasteiger partial charge in [-0.3, -0.25) is 0 Å². The van der Waals surface area contributed by atoms with Crippen molar-refractivity contribution in [2.75, 3.05) is 25.3 Å². The second-order valence-corrected chi connectivity index (χ2v) is 10.4. The fourth-order valence-electron chi connectivity index (χ4n) is 3.84. The number of carbonyl (C=O) groups excluding carboxylic acids is 1. The second-order valence-electron chi connectivity index (χ2n) is 8.02. The number of fused-ring (bicyclic) bond motifs is 1. The molecule has 190 valence electrons. The van der Waals surface area contributed by atoms with Crippen molar-refractivity contribution in [3.05, 3.63) is 68.3 Å². The topological polar surface area (TPSA) is 87.5 Å². The molecule has 0 fully saturated rings. The van der Waals surface area contributed by atoms with Gasteiger partial charge in [0.2, 0.25) is 11.1 Å². The van der Waals surface area contributed by atoms with Gasteiger partial charge < -0.3 is 19.5 Å². The number of esters is 1. The van der Waals surface area contributed by atoms with Gasteiger partial charge in [0.1, 0.15) is 12.6 Å². The molecule has 0 radical (unpaired) electrons. The summed E-state index contributed by atoms with van der Waals surface area (Å²) in [5, 5.41) is 9.20. The minimum atomic E-state index is -0.576. The molecule has 1 unspecified atom stereocenters. The third kappa shape index (κ3) is 5.50. The fourth-order valence-corrected chi connectivity index (χ4v) is 5.23. The molecule has 0 aliphatic carbocycles. The summed E-state index contributed by atoms with van der Waals surface area (Å²) in [6.45, 7) is 4.26. The van der Waals surface area contributed by atoms with Gasteiger partial charge in [-0.1, -0.05) is 42.4 Å². The fraction of sp³-hybridized carbons (Fsp3) is 0.320. The summed E-state index contributed by atoms with van der Waals surface area (Å²) in [6.07, 6.45) is 0.998. The molecule has 1 aliphatic heterocycles. The van der Waals surface area contributed by atoms with E-state index in [1.54, 1.807) is 23.6 Å².